The van der Waals surface area contributed by atoms with Crippen LogP contribution in [0.25, 0.3) is 0 Å². The molecule has 2 N–H and O–H groups in total. The first-order valence-corrected chi connectivity index (χ1v) is 7.73. The van der Waals surface area contributed by atoms with E-state index >= 15 is 0 Å². The van der Waals surface area contributed by atoms with Gasteiger partial charge >= 0.3 is 5.97 Å². The summed E-state index contributed by atoms with van der Waals surface area (Å²) in [6.45, 7) is 1.21. The number of carboxylic acid groups (broad SMARTS) is 1. The summed E-state index contributed by atoms with van der Waals surface area (Å²) in [4.78, 5) is 34.3. The van der Waals surface area contributed by atoms with E-state index < -0.39 is 39.3 Å². The molecule has 24 heavy (non-hydrogen) atoms. The molecule has 0 saturated heterocycles. The molecule has 1 amide bonds. The summed E-state index contributed by atoms with van der Waals surface area (Å²) in [6, 6.07) is 1.78. The van der Waals surface area contributed by atoms with Crippen LogP contribution in [0.2, 0.25) is 0 Å². The number of aliphatic carboxylic acids is 1. The number of halogens is 1. The predicted molar refractivity (Wildman–Crippen MR) is 83.3 cm³/mol. The summed E-state index contributed by atoms with van der Waals surface area (Å²) in [6.07, 6.45) is 3.32. The predicted octanol–water partition coefficient (Wildman–Crippen LogP) is 2.81. The third kappa shape index (κ3) is 3.52. The van der Waals surface area contributed by atoms with Crippen molar-refractivity contribution in [2.75, 3.05) is 6.54 Å². The Morgan fingerprint density at radius 1 is 1.33 bits per heavy atom. The monoisotopic (exact) mass is 338 g/mol. The molecule has 0 radical (unpaired) electrons. The average molecular weight is 338 g/mol. The topological polar surface area (TPSA) is 110 Å². The van der Waals surface area contributed by atoms with E-state index in [4.69, 9.17) is 0 Å². The lowest BCUT2D eigenvalue weighted by atomic mass is 9.74. The fraction of sp³-hybridized carbons (Fsp3) is 0.500. The molecular weight excluding hydrogens is 319 g/mol. The number of hydrogen-bond acceptors (Lipinski definition) is 4. The number of hydrogen-bond donors (Lipinski definition) is 2. The molecule has 1 aliphatic carbocycles. The first kappa shape index (κ1) is 17.8. The standard InChI is InChI=1S/C16H19FN2O5/c1-10-7-11(17)8-12(13(10)19(23)24)14(20)18-9-16(15(21)22)5-3-2-4-6-16/h7-8H,2-6,9H2,1H3,(H,18,20)(H,21,22). The van der Waals surface area contributed by atoms with E-state index in [0.717, 1.165) is 31.4 Å². The first-order chi connectivity index (χ1) is 11.3. The highest BCUT2D eigenvalue weighted by Gasteiger charge is 2.40. The summed E-state index contributed by atoms with van der Waals surface area (Å²) >= 11 is 0. The second kappa shape index (κ2) is 6.94. The minimum Gasteiger partial charge on any atom is -0.481 e. The molecule has 8 heteroatoms. The van der Waals surface area contributed by atoms with Crippen LogP contribution in [0.3, 0.4) is 0 Å². The van der Waals surface area contributed by atoms with Crippen molar-refractivity contribution >= 4 is 17.6 Å². The Balaban J connectivity index is 2.24. The number of nitrogens with zero attached hydrogens (tertiary/aromatic N) is 1. The van der Waals surface area contributed by atoms with Crippen LogP contribution in [-0.4, -0.2) is 28.5 Å². The van der Waals surface area contributed by atoms with Gasteiger partial charge in [0.05, 0.1) is 10.3 Å². The van der Waals surface area contributed by atoms with Gasteiger partial charge in [-0.25, -0.2) is 4.39 Å². The molecular formula is C16H19FN2O5. The third-order valence-corrected chi connectivity index (χ3v) is 4.54. The minimum atomic E-state index is -1.06. The molecule has 0 atom stereocenters. The van der Waals surface area contributed by atoms with Gasteiger partial charge in [-0.05, 0) is 31.9 Å². The molecule has 0 unspecified atom stereocenters. The van der Waals surface area contributed by atoms with Crippen LogP contribution in [0.5, 0.6) is 0 Å². The van der Waals surface area contributed by atoms with E-state index in [1.54, 1.807) is 0 Å². The fourth-order valence-corrected chi connectivity index (χ4v) is 3.19. The van der Waals surface area contributed by atoms with Crippen molar-refractivity contribution in [1.82, 2.24) is 5.32 Å². The van der Waals surface area contributed by atoms with Gasteiger partial charge in [0, 0.05) is 12.1 Å². The quantitative estimate of drug-likeness (QED) is 0.634. The molecule has 1 aromatic rings. The highest BCUT2D eigenvalue weighted by atomic mass is 19.1. The zero-order valence-electron chi connectivity index (χ0n) is 13.3. The molecule has 2 rings (SSSR count). The molecule has 0 spiro atoms. The van der Waals surface area contributed by atoms with Gasteiger partial charge in [0.2, 0.25) is 0 Å². The highest BCUT2D eigenvalue weighted by Crippen LogP contribution is 2.36. The van der Waals surface area contributed by atoms with Crippen molar-refractivity contribution in [3.8, 4) is 0 Å². The molecule has 1 fully saturated rings. The van der Waals surface area contributed by atoms with Crippen LogP contribution >= 0.6 is 0 Å². The van der Waals surface area contributed by atoms with Crippen molar-refractivity contribution in [1.29, 1.82) is 0 Å². The molecule has 1 aliphatic rings. The van der Waals surface area contributed by atoms with Gasteiger partial charge in [-0.15, -0.1) is 0 Å². The van der Waals surface area contributed by atoms with E-state index in [1.165, 1.54) is 6.92 Å². The lowest BCUT2D eigenvalue weighted by Crippen LogP contribution is -2.44. The SMILES string of the molecule is Cc1cc(F)cc(C(=O)NCC2(C(=O)O)CCCCC2)c1[N+](=O)[O-]. The van der Waals surface area contributed by atoms with Gasteiger partial charge in [-0.2, -0.15) is 0 Å². The number of carbonyl (C=O) groups excluding carboxylic acids is 1. The number of nitro groups is 1. The maximum absolute atomic E-state index is 13.5. The number of carboxylic acids is 1. The van der Waals surface area contributed by atoms with Gasteiger partial charge in [0.15, 0.2) is 0 Å². The minimum absolute atomic E-state index is 0.0377. The molecule has 1 saturated carbocycles. The molecule has 0 bridgehead atoms. The van der Waals surface area contributed by atoms with Crippen LogP contribution < -0.4 is 5.32 Å². The van der Waals surface area contributed by atoms with E-state index in [1.807, 2.05) is 0 Å². The lowest BCUT2D eigenvalue weighted by molar-refractivity contribution is -0.385. The summed E-state index contributed by atoms with van der Waals surface area (Å²) in [5, 5.41) is 23.1. The van der Waals surface area contributed by atoms with Crippen molar-refractivity contribution in [3.05, 3.63) is 39.2 Å². The fourth-order valence-electron chi connectivity index (χ4n) is 3.19. The van der Waals surface area contributed by atoms with Crippen LogP contribution in [0.4, 0.5) is 10.1 Å². The Morgan fingerprint density at radius 2 is 1.96 bits per heavy atom. The summed E-state index contributed by atoms with van der Waals surface area (Å²) in [5.74, 6) is -2.59. The van der Waals surface area contributed by atoms with Gasteiger partial charge in [0.25, 0.3) is 11.6 Å². The van der Waals surface area contributed by atoms with Gasteiger partial charge < -0.3 is 10.4 Å². The number of nitrogens with one attached hydrogen (secondary N) is 1. The van der Waals surface area contributed by atoms with Crippen LogP contribution in [0.1, 0.15) is 48.0 Å². The van der Waals surface area contributed by atoms with E-state index in [-0.39, 0.29) is 12.1 Å². The van der Waals surface area contributed by atoms with E-state index in [0.29, 0.717) is 12.8 Å². The average Bonchev–Trinajstić information content (AvgIpc) is 2.52. The number of amides is 1. The normalized spacial score (nSPS) is 16.4. The van der Waals surface area contributed by atoms with E-state index in [9.17, 15) is 29.2 Å². The second-order valence-corrected chi connectivity index (χ2v) is 6.20. The summed E-state index contributed by atoms with van der Waals surface area (Å²) in [7, 11) is 0. The summed E-state index contributed by atoms with van der Waals surface area (Å²) in [5.41, 5.74) is -1.89. The Labute approximate surface area is 138 Å². The van der Waals surface area contributed by atoms with Crippen molar-refractivity contribution in [3.63, 3.8) is 0 Å². The smallest absolute Gasteiger partial charge is 0.311 e. The molecule has 130 valence electrons. The van der Waals surface area contributed by atoms with Crippen LogP contribution in [0, 0.1) is 28.3 Å². The first-order valence-electron chi connectivity index (χ1n) is 7.73. The zero-order chi connectivity index (χ0) is 17.9. The molecule has 0 aliphatic heterocycles. The van der Waals surface area contributed by atoms with Crippen LogP contribution in [-0.2, 0) is 4.79 Å². The Bertz CT molecular complexity index is 683. The van der Waals surface area contributed by atoms with Gasteiger partial charge in [0.1, 0.15) is 11.4 Å². The molecule has 1 aromatic carbocycles. The number of aryl methyl sites for hydroxylation is 1. The Morgan fingerprint density at radius 3 is 2.50 bits per heavy atom. The number of rotatable bonds is 5. The number of benzene rings is 1. The number of nitro benzene ring substituents is 1. The Hall–Kier alpha value is -2.51. The second-order valence-electron chi connectivity index (χ2n) is 6.20. The summed E-state index contributed by atoms with van der Waals surface area (Å²) < 4.78 is 13.5. The number of carbonyl (C=O) groups is 2. The largest absolute Gasteiger partial charge is 0.481 e. The van der Waals surface area contributed by atoms with Crippen molar-refractivity contribution in [2.24, 2.45) is 5.41 Å². The molecule has 0 aromatic heterocycles. The maximum atomic E-state index is 13.5. The zero-order valence-corrected chi connectivity index (χ0v) is 13.3. The lowest BCUT2D eigenvalue weighted by Gasteiger charge is -2.33. The molecule has 7 nitrogen and oxygen atoms in total. The van der Waals surface area contributed by atoms with Gasteiger partial charge in [-0.1, -0.05) is 19.3 Å². The third-order valence-electron chi connectivity index (χ3n) is 4.54. The van der Waals surface area contributed by atoms with E-state index in [2.05, 4.69) is 5.32 Å². The van der Waals surface area contributed by atoms with Crippen LogP contribution in [0.15, 0.2) is 12.1 Å². The van der Waals surface area contributed by atoms with Crippen molar-refractivity contribution < 1.29 is 24.0 Å². The Kier molecular flexibility index (Phi) is 5.16. The highest BCUT2D eigenvalue weighted by molar-refractivity contribution is 5.99. The maximum Gasteiger partial charge on any atom is 0.311 e. The van der Waals surface area contributed by atoms with Gasteiger partial charge in [-0.3, -0.25) is 19.7 Å². The van der Waals surface area contributed by atoms with Crippen molar-refractivity contribution in [2.45, 2.75) is 39.0 Å². The molecule has 0 heterocycles.